The lowest BCUT2D eigenvalue weighted by Crippen LogP contribution is -3.14. The number of benzene rings is 1. The van der Waals surface area contributed by atoms with Gasteiger partial charge in [0.15, 0.2) is 0 Å². The molecule has 0 saturated carbocycles. The van der Waals surface area contributed by atoms with Crippen molar-refractivity contribution in [1.82, 2.24) is 0 Å². The second-order valence-corrected chi connectivity index (χ2v) is 6.36. The van der Waals surface area contributed by atoms with E-state index in [2.05, 4.69) is 13.8 Å². The zero-order chi connectivity index (χ0) is 14.4. The van der Waals surface area contributed by atoms with Gasteiger partial charge < -0.3 is 9.64 Å². The minimum absolute atomic E-state index is 0.214. The van der Waals surface area contributed by atoms with Gasteiger partial charge in [0.25, 0.3) is 0 Å². The van der Waals surface area contributed by atoms with Crippen LogP contribution in [0.1, 0.15) is 33.1 Å². The molecule has 2 atom stereocenters. The van der Waals surface area contributed by atoms with Gasteiger partial charge in [-0.2, -0.15) is 0 Å². The average Bonchev–Trinajstić information content (AvgIpc) is 2.39. The number of hydrogen-bond acceptors (Lipinski definition) is 1. The maximum absolute atomic E-state index is 12.7. The Labute approximate surface area is 121 Å². The first-order valence-corrected chi connectivity index (χ1v) is 7.85. The van der Waals surface area contributed by atoms with Gasteiger partial charge in [-0.05, 0) is 43.5 Å². The SMILES string of the molecule is C[C@H]1C[C@H](C)C[NH+](CCCCOc2ccc(F)cc2)C1. The van der Waals surface area contributed by atoms with Gasteiger partial charge in [-0.3, -0.25) is 0 Å². The Balaban J connectivity index is 1.58. The average molecular weight is 280 g/mol. The van der Waals surface area contributed by atoms with E-state index in [9.17, 15) is 4.39 Å². The first kappa shape index (κ1) is 15.3. The molecule has 1 fully saturated rings. The normalized spacial score (nSPS) is 26.4. The van der Waals surface area contributed by atoms with Crippen LogP contribution >= 0.6 is 0 Å². The number of likely N-dealkylation sites (tertiary alicyclic amines) is 1. The molecule has 0 unspecified atom stereocenters. The van der Waals surface area contributed by atoms with Gasteiger partial charge in [0.2, 0.25) is 0 Å². The van der Waals surface area contributed by atoms with E-state index in [1.54, 1.807) is 17.0 Å². The molecule has 0 spiro atoms. The van der Waals surface area contributed by atoms with Crippen LogP contribution in [0, 0.1) is 17.7 Å². The van der Waals surface area contributed by atoms with Crippen LogP contribution in [-0.2, 0) is 0 Å². The molecule has 1 heterocycles. The van der Waals surface area contributed by atoms with Gasteiger partial charge in [-0.25, -0.2) is 4.39 Å². The smallest absolute Gasteiger partial charge is 0.123 e. The van der Waals surface area contributed by atoms with Gasteiger partial charge in [-0.1, -0.05) is 13.8 Å². The van der Waals surface area contributed by atoms with E-state index in [0.717, 1.165) is 30.6 Å². The molecule has 112 valence electrons. The molecule has 1 aromatic rings. The second-order valence-electron chi connectivity index (χ2n) is 6.36. The van der Waals surface area contributed by atoms with Crippen LogP contribution in [0.25, 0.3) is 0 Å². The van der Waals surface area contributed by atoms with Gasteiger partial charge in [-0.15, -0.1) is 0 Å². The largest absolute Gasteiger partial charge is 0.494 e. The Kier molecular flexibility index (Phi) is 5.84. The predicted octanol–water partition coefficient (Wildman–Crippen LogP) is 2.55. The summed E-state index contributed by atoms with van der Waals surface area (Å²) >= 11 is 0. The van der Waals surface area contributed by atoms with Crippen LogP contribution in [0.4, 0.5) is 4.39 Å². The standard InChI is InChI=1S/C17H26FNO/c1-14-11-15(2)13-19(12-14)9-3-4-10-20-17-7-5-16(18)6-8-17/h5-8,14-15H,3-4,9-13H2,1-2H3/p+1/t14-,15-/m0/s1. The molecule has 0 radical (unpaired) electrons. The molecular weight excluding hydrogens is 253 g/mol. The minimum Gasteiger partial charge on any atom is -0.494 e. The molecule has 2 rings (SSSR count). The predicted molar refractivity (Wildman–Crippen MR) is 79.6 cm³/mol. The van der Waals surface area contributed by atoms with E-state index in [1.807, 2.05) is 0 Å². The third kappa shape index (κ3) is 5.12. The van der Waals surface area contributed by atoms with E-state index >= 15 is 0 Å². The lowest BCUT2D eigenvalue weighted by molar-refractivity contribution is -0.912. The third-order valence-electron chi connectivity index (χ3n) is 4.09. The van der Waals surface area contributed by atoms with Crippen molar-refractivity contribution in [2.24, 2.45) is 11.8 Å². The highest BCUT2D eigenvalue weighted by atomic mass is 19.1. The van der Waals surface area contributed by atoms with Crippen molar-refractivity contribution in [3.05, 3.63) is 30.1 Å². The highest BCUT2D eigenvalue weighted by molar-refractivity contribution is 5.21. The molecule has 0 aliphatic carbocycles. The molecule has 3 heteroatoms. The number of piperidine rings is 1. The van der Waals surface area contributed by atoms with Crippen LogP contribution in [0.2, 0.25) is 0 Å². The highest BCUT2D eigenvalue weighted by Crippen LogP contribution is 2.13. The van der Waals surface area contributed by atoms with E-state index < -0.39 is 0 Å². The van der Waals surface area contributed by atoms with Crippen molar-refractivity contribution in [2.45, 2.75) is 33.1 Å². The van der Waals surface area contributed by atoms with Crippen LogP contribution < -0.4 is 9.64 Å². The third-order valence-corrected chi connectivity index (χ3v) is 4.09. The Morgan fingerprint density at radius 1 is 1.10 bits per heavy atom. The Morgan fingerprint density at radius 2 is 1.75 bits per heavy atom. The molecule has 1 aliphatic heterocycles. The molecule has 1 saturated heterocycles. The summed E-state index contributed by atoms with van der Waals surface area (Å²) in [5.41, 5.74) is 0. The van der Waals surface area contributed by atoms with Crippen molar-refractivity contribution in [1.29, 1.82) is 0 Å². The molecule has 0 bridgehead atoms. The highest BCUT2D eigenvalue weighted by Gasteiger charge is 2.24. The Bertz CT molecular complexity index is 382. The number of ether oxygens (including phenoxy) is 1. The van der Waals surface area contributed by atoms with Crippen molar-refractivity contribution < 1.29 is 14.0 Å². The first-order chi connectivity index (χ1) is 9.63. The maximum atomic E-state index is 12.7. The Hall–Kier alpha value is -1.09. The summed E-state index contributed by atoms with van der Waals surface area (Å²) in [6, 6.07) is 6.26. The van der Waals surface area contributed by atoms with E-state index in [4.69, 9.17) is 4.74 Å². The number of halogens is 1. The fourth-order valence-corrected chi connectivity index (χ4v) is 3.32. The zero-order valence-corrected chi connectivity index (χ0v) is 12.7. The lowest BCUT2D eigenvalue weighted by atomic mass is 9.92. The number of nitrogens with one attached hydrogen (secondary N) is 1. The number of rotatable bonds is 6. The van der Waals surface area contributed by atoms with Crippen LogP contribution in [-0.4, -0.2) is 26.2 Å². The molecule has 1 N–H and O–H groups in total. The van der Waals surface area contributed by atoms with Crippen LogP contribution in [0.5, 0.6) is 5.75 Å². The summed E-state index contributed by atoms with van der Waals surface area (Å²) in [6.45, 7) is 9.36. The number of hydrogen-bond donors (Lipinski definition) is 1. The van der Waals surface area contributed by atoms with Gasteiger partial charge in [0.1, 0.15) is 11.6 Å². The summed E-state index contributed by atoms with van der Waals surface area (Å²) in [5.74, 6) is 2.28. The molecule has 0 amide bonds. The molecule has 2 nitrogen and oxygen atoms in total. The first-order valence-electron chi connectivity index (χ1n) is 7.85. The lowest BCUT2D eigenvalue weighted by Gasteiger charge is -2.32. The minimum atomic E-state index is -0.214. The number of quaternary nitrogens is 1. The van der Waals surface area contributed by atoms with Crippen LogP contribution in [0.15, 0.2) is 24.3 Å². The van der Waals surface area contributed by atoms with Crippen molar-refractivity contribution in [3.8, 4) is 5.75 Å². The zero-order valence-electron chi connectivity index (χ0n) is 12.7. The summed E-state index contributed by atoms with van der Waals surface area (Å²) < 4.78 is 18.4. The van der Waals surface area contributed by atoms with Crippen LogP contribution in [0.3, 0.4) is 0 Å². The fourth-order valence-electron chi connectivity index (χ4n) is 3.32. The summed E-state index contributed by atoms with van der Waals surface area (Å²) in [7, 11) is 0. The van der Waals surface area contributed by atoms with Gasteiger partial charge in [0, 0.05) is 11.8 Å². The van der Waals surface area contributed by atoms with E-state index in [-0.39, 0.29) is 5.82 Å². The molecule has 1 aromatic carbocycles. The van der Waals surface area contributed by atoms with Gasteiger partial charge in [0.05, 0.1) is 26.2 Å². The summed E-state index contributed by atoms with van der Waals surface area (Å²) in [4.78, 5) is 1.75. The quantitative estimate of drug-likeness (QED) is 0.791. The van der Waals surface area contributed by atoms with Crippen molar-refractivity contribution >= 4 is 0 Å². The molecule has 0 aromatic heterocycles. The summed E-state index contributed by atoms with van der Waals surface area (Å²) in [6.07, 6.45) is 3.66. The number of unbranched alkanes of at least 4 members (excludes halogenated alkanes) is 1. The maximum Gasteiger partial charge on any atom is 0.123 e. The molecule has 20 heavy (non-hydrogen) atoms. The van der Waals surface area contributed by atoms with E-state index in [0.29, 0.717) is 0 Å². The molecule has 1 aliphatic rings. The van der Waals surface area contributed by atoms with Crippen molar-refractivity contribution in [2.75, 3.05) is 26.2 Å². The molecular formula is C17H27FNO+. The van der Waals surface area contributed by atoms with Crippen molar-refractivity contribution in [3.63, 3.8) is 0 Å². The Morgan fingerprint density at radius 3 is 2.40 bits per heavy atom. The van der Waals surface area contributed by atoms with E-state index in [1.165, 1.54) is 44.6 Å². The fraction of sp³-hybridized carbons (Fsp3) is 0.647. The second kappa shape index (κ2) is 7.63. The topological polar surface area (TPSA) is 13.7 Å². The monoisotopic (exact) mass is 280 g/mol. The van der Waals surface area contributed by atoms with Gasteiger partial charge >= 0.3 is 0 Å². The summed E-state index contributed by atoms with van der Waals surface area (Å²) in [5, 5.41) is 0.